The van der Waals surface area contributed by atoms with Crippen molar-refractivity contribution in [1.29, 1.82) is 0 Å². The van der Waals surface area contributed by atoms with Gasteiger partial charge in [0.1, 0.15) is 0 Å². The monoisotopic (exact) mass is 188 g/mol. The second-order valence-electron chi connectivity index (χ2n) is 2.65. The molecule has 1 aliphatic rings. The summed E-state index contributed by atoms with van der Waals surface area (Å²) in [7, 11) is 0. The summed E-state index contributed by atoms with van der Waals surface area (Å²) in [4.78, 5) is 0. The minimum absolute atomic E-state index is 0. The van der Waals surface area contributed by atoms with E-state index >= 15 is 0 Å². The van der Waals surface area contributed by atoms with E-state index in [0.717, 1.165) is 6.42 Å². The first-order chi connectivity index (χ1) is 4.61. The molecule has 0 radical (unpaired) electrons. The molecular weight excluding hydrogens is 179 g/mol. The molecule has 0 bridgehead atoms. The van der Waals surface area contributed by atoms with Crippen LogP contribution >= 0.6 is 0 Å². The second-order valence-corrected chi connectivity index (χ2v) is 2.65. The van der Waals surface area contributed by atoms with E-state index in [0.29, 0.717) is 12.8 Å². The van der Waals surface area contributed by atoms with Crippen LogP contribution < -0.4 is 51.4 Å². The molecule has 5 heteroatoms. The van der Waals surface area contributed by atoms with Gasteiger partial charge >= 0.3 is 58.4 Å². The van der Waals surface area contributed by atoms with Gasteiger partial charge in [0, 0.05) is 0 Å². The Morgan fingerprint density at radius 3 is 2.18 bits per heavy atom. The van der Waals surface area contributed by atoms with Crippen molar-refractivity contribution in [2.24, 2.45) is 0 Å². The molecule has 0 aromatic rings. The predicted octanol–water partition coefficient (Wildman–Crippen LogP) is -0.0519. The Morgan fingerprint density at radius 2 is 1.91 bits per heavy atom. The Morgan fingerprint density at radius 1 is 1.27 bits per heavy atom. The van der Waals surface area contributed by atoms with Crippen LogP contribution in [-0.2, 0) is 0 Å². The van der Waals surface area contributed by atoms with Crippen molar-refractivity contribution in [3.8, 4) is 0 Å². The van der Waals surface area contributed by atoms with E-state index in [1.807, 2.05) is 0 Å². The van der Waals surface area contributed by atoms with Gasteiger partial charge in [-0.15, -0.1) is 6.08 Å². The number of hydrogen-bond acceptors (Lipinski definition) is 0. The molecule has 0 aromatic carbocycles. The summed E-state index contributed by atoms with van der Waals surface area (Å²) < 4.78 is 35.9. The fraction of sp³-hybridized carbons (Fsp3) is 0.667. The Balaban J connectivity index is 0.000001000. The average molecular weight is 188 g/mol. The number of allylic oxidation sites excluding steroid dienone is 2. The molecule has 0 amide bonds. The number of rotatable bonds is 1. The van der Waals surface area contributed by atoms with Crippen LogP contribution in [0.15, 0.2) is 12.2 Å². The Labute approximate surface area is 107 Å². The number of hydrogen-bond donors (Lipinski definition) is 0. The maximum absolute atomic E-state index is 12.0. The third kappa shape index (κ3) is 4.13. The quantitative estimate of drug-likeness (QED) is 0.399. The van der Waals surface area contributed by atoms with E-state index in [9.17, 15) is 12.9 Å². The Hall–Kier alpha value is 1.23. The minimum Gasteiger partial charge on any atom is -0.449 e. The molecule has 11 heavy (non-hydrogen) atoms. The fourth-order valence-electron chi connectivity index (χ4n) is 1.15. The van der Waals surface area contributed by atoms with Crippen LogP contribution in [0.25, 0.3) is 0 Å². The summed E-state index contributed by atoms with van der Waals surface area (Å²) in [5.41, 5.74) is 0. The third-order valence-corrected chi connectivity index (χ3v) is 1.78. The molecule has 0 aromatic heterocycles. The van der Waals surface area contributed by atoms with Gasteiger partial charge < -0.3 is 12.9 Å². The van der Waals surface area contributed by atoms with Crippen molar-refractivity contribution in [2.75, 3.05) is 0 Å². The summed E-state index contributed by atoms with van der Waals surface area (Å²) in [6.45, 7) is -4.61. The van der Waals surface area contributed by atoms with Gasteiger partial charge in [0.25, 0.3) is 0 Å². The average Bonchev–Trinajstić information content (AvgIpc) is 1.88. The molecule has 1 aliphatic carbocycles. The van der Waals surface area contributed by atoms with E-state index in [1.165, 1.54) is 6.08 Å². The molecule has 1 atom stereocenters. The van der Waals surface area contributed by atoms with Crippen molar-refractivity contribution < 1.29 is 64.3 Å². The topological polar surface area (TPSA) is 0 Å². The van der Waals surface area contributed by atoms with Crippen LogP contribution in [-0.4, -0.2) is 6.98 Å². The van der Waals surface area contributed by atoms with Gasteiger partial charge in [-0.05, 0) is 6.42 Å². The van der Waals surface area contributed by atoms with Crippen LogP contribution in [0.1, 0.15) is 19.3 Å². The summed E-state index contributed by atoms with van der Waals surface area (Å²) in [6, 6.07) is 0. The molecule has 0 N–H and O–H groups in total. The van der Waals surface area contributed by atoms with E-state index in [1.54, 1.807) is 6.08 Å². The molecule has 58 valence electrons. The SMILES string of the molecule is F[B-](F)(F)C1C=CCCC1.[K+]. The van der Waals surface area contributed by atoms with Crippen LogP contribution in [0.2, 0.25) is 5.82 Å². The maximum Gasteiger partial charge on any atom is 1.00 e. The van der Waals surface area contributed by atoms with E-state index in [-0.39, 0.29) is 51.4 Å². The predicted molar refractivity (Wildman–Crippen MR) is 35.8 cm³/mol. The second kappa shape index (κ2) is 5.07. The van der Waals surface area contributed by atoms with Crippen LogP contribution in [0.3, 0.4) is 0 Å². The minimum atomic E-state index is -4.61. The van der Waals surface area contributed by atoms with Crippen molar-refractivity contribution in [2.45, 2.75) is 25.1 Å². The van der Waals surface area contributed by atoms with Gasteiger partial charge in [-0.1, -0.05) is 24.7 Å². The summed E-state index contributed by atoms with van der Waals surface area (Å²) in [5, 5.41) is 0. The standard InChI is InChI=1S/C6H9BF3.K/c8-7(9,10)6-4-2-1-3-5-6;/h2,4,6H,1,3,5H2;/q-1;+1. The van der Waals surface area contributed by atoms with Crippen molar-refractivity contribution in [3.63, 3.8) is 0 Å². The molecular formula is C6H9BF3K. The first kappa shape index (κ1) is 12.2. The summed E-state index contributed by atoms with van der Waals surface area (Å²) in [5.74, 6) is -1.12. The van der Waals surface area contributed by atoms with Crippen molar-refractivity contribution >= 4 is 6.98 Å². The molecule has 0 heterocycles. The Kier molecular flexibility index (Phi) is 5.64. The van der Waals surface area contributed by atoms with Gasteiger partial charge in [-0.3, -0.25) is 0 Å². The largest absolute Gasteiger partial charge is 1.00 e. The first-order valence-electron chi connectivity index (χ1n) is 3.47. The molecule has 0 spiro atoms. The van der Waals surface area contributed by atoms with Gasteiger partial charge in [-0.2, -0.15) is 0 Å². The van der Waals surface area contributed by atoms with Gasteiger partial charge in [0.15, 0.2) is 0 Å². The summed E-state index contributed by atoms with van der Waals surface area (Å²) in [6.07, 6.45) is 4.71. The van der Waals surface area contributed by atoms with Crippen LogP contribution in [0.5, 0.6) is 0 Å². The van der Waals surface area contributed by atoms with Crippen molar-refractivity contribution in [3.05, 3.63) is 12.2 Å². The zero-order valence-corrected chi connectivity index (χ0v) is 9.69. The van der Waals surface area contributed by atoms with E-state index in [4.69, 9.17) is 0 Å². The number of halogens is 3. The third-order valence-electron chi connectivity index (χ3n) is 1.78. The fourth-order valence-corrected chi connectivity index (χ4v) is 1.15. The normalized spacial score (nSPS) is 24.5. The van der Waals surface area contributed by atoms with Gasteiger partial charge in [0.2, 0.25) is 0 Å². The molecule has 0 fully saturated rings. The van der Waals surface area contributed by atoms with E-state index < -0.39 is 12.8 Å². The van der Waals surface area contributed by atoms with Gasteiger partial charge in [0.05, 0.1) is 0 Å². The molecule has 1 rings (SSSR count). The molecule has 1 unspecified atom stereocenters. The Bertz CT molecular complexity index is 143. The molecule has 0 nitrogen and oxygen atoms in total. The zero-order valence-electron chi connectivity index (χ0n) is 6.56. The van der Waals surface area contributed by atoms with E-state index in [2.05, 4.69) is 0 Å². The smallest absolute Gasteiger partial charge is 0.449 e. The molecule has 0 saturated heterocycles. The molecule has 0 aliphatic heterocycles. The van der Waals surface area contributed by atoms with Crippen LogP contribution in [0.4, 0.5) is 12.9 Å². The zero-order chi connectivity index (χ0) is 7.61. The maximum atomic E-state index is 12.0. The van der Waals surface area contributed by atoms with Gasteiger partial charge in [-0.25, -0.2) is 0 Å². The first-order valence-corrected chi connectivity index (χ1v) is 3.47. The van der Waals surface area contributed by atoms with Crippen molar-refractivity contribution in [1.82, 2.24) is 0 Å². The summed E-state index contributed by atoms with van der Waals surface area (Å²) >= 11 is 0. The molecule has 0 saturated carbocycles. The van der Waals surface area contributed by atoms with Crippen LogP contribution in [0, 0.1) is 0 Å².